The van der Waals surface area contributed by atoms with E-state index >= 15 is 0 Å². The van der Waals surface area contributed by atoms with Crippen molar-refractivity contribution in [3.05, 3.63) is 24.3 Å². The minimum absolute atomic E-state index is 0.581. The summed E-state index contributed by atoms with van der Waals surface area (Å²) in [5.41, 5.74) is 0. The van der Waals surface area contributed by atoms with Gasteiger partial charge in [0, 0.05) is 0 Å². The molecule has 2 aliphatic rings. The maximum atomic E-state index is 5.68. The van der Waals surface area contributed by atoms with Gasteiger partial charge in [-0.25, -0.2) is 0 Å². The van der Waals surface area contributed by atoms with E-state index in [1.54, 1.807) is 0 Å². The van der Waals surface area contributed by atoms with E-state index in [2.05, 4.69) is 24.3 Å². The number of hydrogen-bond donors (Lipinski definition) is 0. The molecule has 0 bridgehead atoms. The van der Waals surface area contributed by atoms with E-state index in [9.17, 15) is 0 Å². The summed E-state index contributed by atoms with van der Waals surface area (Å²) in [6.45, 7) is 0.824. The third kappa shape index (κ3) is 3.00. The van der Waals surface area contributed by atoms with Crippen LogP contribution in [-0.4, -0.2) is 12.7 Å². The van der Waals surface area contributed by atoms with Crippen molar-refractivity contribution < 1.29 is 4.74 Å². The number of allylic oxidation sites excluding steroid dienone is 3. The predicted molar refractivity (Wildman–Crippen MR) is 54.6 cm³/mol. The SMILES string of the molecule is C1=CCCC2CC2OC/C=C\CC1. The third-order valence-corrected chi connectivity index (χ3v) is 2.80. The molecule has 0 aromatic rings. The fourth-order valence-corrected chi connectivity index (χ4v) is 1.83. The first-order valence-corrected chi connectivity index (χ1v) is 5.38. The van der Waals surface area contributed by atoms with E-state index in [0.29, 0.717) is 6.10 Å². The first kappa shape index (κ1) is 9.01. The van der Waals surface area contributed by atoms with Crippen LogP contribution in [0.2, 0.25) is 0 Å². The Morgan fingerprint density at radius 3 is 2.62 bits per heavy atom. The van der Waals surface area contributed by atoms with Gasteiger partial charge in [0.15, 0.2) is 0 Å². The molecule has 0 aromatic heterocycles. The highest BCUT2D eigenvalue weighted by Crippen LogP contribution is 2.37. The maximum Gasteiger partial charge on any atom is 0.0651 e. The maximum absolute atomic E-state index is 5.68. The van der Waals surface area contributed by atoms with Gasteiger partial charge in [0.2, 0.25) is 0 Å². The standard InChI is InChI=1S/C12H18O/c1-2-4-6-8-11-10-12(11)13-9-7-5-3-1/h2,4-5,7,11-12H,1,3,6,8-10H2/b4-2?,7-5-. The summed E-state index contributed by atoms with van der Waals surface area (Å²) in [4.78, 5) is 0. The average molecular weight is 178 g/mol. The van der Waals surface area contributed by atoms with E-state index in [1.165, 1.54) is 25.7 Å². The minimum atomic E-state index is 0.581. The quantitative estimate of drug-likeness (QED) is 0.518. The zero-order chi connectivity index (χ0) is 8.93. The zero-order valence-electron chi connectivity index (χ0n) is 8.11. The van der Waals surface area contributed by atoms with E-state index in [4.69, 9.17) is 4.74 Å². The number of rotatable bonds is 0. The van der Waals surface area contributed by atoms with Gasteiger partial charge in [0.25, 0.3) is 0 Å². The molecule has 0 radical (unpaired) electrons. The lowest BCUT2D eigenvalue weighted by Gasteiger charge is -2.00. The van der Waals surface area contributed by atoms with Crippen molar-refractivity contribution in [1.82, 2.24) is 0 Å². The summed E-state index contributed by atoms with van der Waals surface area (Å²) in [5, 5.41) is 0. The van der Waals surface area contributed by atoms with Gasteiger partial charge in [-0.05, 0) is 38.0 Å². The second-order valence-electron chi connectivity index (χ2n) is 3.97. The number of hydrogen-bond acceptors (Lipinski definition) is 1. The Morgan fingerprint density at radius 1 is 0.923 bits per heavy atom. The highest BCUT2D eigenvalue weighted by molar-refractivity contribution is 4.94. The Morgan fingerprint density at radius 2 is 1.69 bits per heavy atom. The van der Waals surface area contributed by atoms with Crippen LogP contribution in [0.15, 0.2) is 24.3 Å². The average Bonchev–Trinajstić information content (AvgIpc) is 2.83. The molecule has 13 heavy (non-hydrogen) atoms. The van der Waals surface area contributed by atoms with Gasteiger partial charge in [-0.1, -0.05) is 24.3 Å². The topological polar surface area (TPSA) is 9.23 Å². The van der Waals surface area contributed by atoms with Crippen molar-refractivity contribution >= 4 is 0 Å². The van der Waals surface area contributed by atoms with E-state index in [0.717, 1.165) is 18.9 Å². The molecule has 1 heterocycles. The molecule has 2 unspecified atom stereocenters. The lowest BCUT2D eigenvalue weighted by atomic mass is 10.2. The molecule has 1 fully saturated rings. The zero-order valence-corrected chi connectivity index (χ0v) is 8.11. The van der Waals surface area contributed by atoms with Crippen LogP contribution in [0.3, 0.4) is 0 Å². The van der Waals surface area contributed by atoms with E-state index < -0.39 is 0 Å². The molecule has 2 atom stereocenters. The monoisotopic (exact) mass is 178 g/mol. The fourth-order valence-electron chi connectivity index (χ4n) is 1.83. The van der Waals surface area contributed by atoms with Gasteiger partial charge in [0.1, 0.15) is 0 Å². The lowest BCUT2D eigenvalue weighted by molar-refractivity contribution is 0.134. The van der Waals surface area contributed by atoms with Crippen molar-refractivity contribution in [2.45, 2.75) is 38.2 Å². The Kier molecular flexibility index (Phi) is 3.20. The van der Waals surface area contributed by atoms with Crippen LogP contribution in [0.5, 0.6) is 0 Å². The molecule has 0 amide bonds. The van der Waals surface area contributed by atoms with Crippen molar-refractivity contribution in [3.8, 4) is 0 Å². The highest BCUT2D eigenvalue weighted by atomic mass is 16.5. The van der Waals surface area contributed by atoms with Gasteiger partial charge in [-0.15, -0.1) is 0 Å². The minimum Gasteiger partial charge on any atom is -0.374 e. The molecular weight excluding hydrogens is 160 g/mol. The second-order valence-corrected chi connectivity index (χ2v) is 3.97. The molecule has 1 saturated carbocycles. The molecule has 0 N–H and O–H groups in total. The van der Waals surface area contributed by atoms with Crippen LogP contribution in [-0.2, 0) is 4.74 Å². The van der Waals surface area contributed by atoms with Crippen molar-refractivity contribution in [2.75, 3.05) is 6.61 Å². The third-order valence-electron chi connectivity index (χ3n) is 2.80. The molecule has 1 aliphatic heterocycles. The lowest BCUT2D eigenvalue weighted by Crippen LogP contribution is -1.97. The van der Waals surface area contributed by atoms with Crippen LogP contribution in [0.4, 0.5) is 0 Å². The van der Waals surface area contributed by atoms with Gasteiger partial charge in [0.05, 0.1) is 12.7 Å². The van der Waals surface area contributed by atoms with Crippen molar-refractivity contribution in [2.24, 2.45) is 5.92 Å². The Bertz CT molecular complexity index is 183. The first-order valence-electron chi connectivity index (χ1n) is 5.38. The molecular formula is C12H18O. The smallest absolute Gasteiger partial charge is 0.0651 e. The molecule has 1 nitrogen and oxygen atoms in total. The number of ether oxygens (including phenoxy) is 1. The molecule has 1 aliphatic carbocycles. The van der Waals surface area contributed by atoms with Crippen LogP contribution < -0.4 is 0 Å². The largest absolute Gasteiger partial charge is 0.374 e. The summed E-state index contributed by atoms with van der Waals surface area (Å²) < 4.78 is 5.68. The van der Waals surface area contributed by atoms with Crippen molar-refractivity contribution in [1.29, 1.82) is 0 Å². The normalized spacial score (nSPS) is 36.9. The molecule has 72 valence electrons. The van der Waals surface area contributed by atoms with Gasteiger partial charge in [-0.3, -0.25) is 0 Å². The molecule has 0 saturated heterocycles. The summed E-state index contributed by atoms with van der Waals surface area (Å²) in [6, 6.07) is 0. The van der Waals surface area contributed by atoms with E-state index in [1.807, 2.05) is 0 Å². The van der Waals surface area contributed by atoms with E-state index in [-0.39, 0.29) is 0 Å². The van der Waals surface area contributed by atoms with Crippen molar-refractivity contribution in [3.63, 3.8) is 0 Å². The Hall–Kier alpha value is -0.560. The summed E-state index contributed by atoms with van der Waals surface area (Å²) in [6.07, 6.45) is 15.8. The first-order chi connectivity index (χ1) is 6.47. The number of fused-ring (bicyclic) bond motifs is 1. The van der Waals surface area contributed by atoms with Gasteiger partial charge >= 0.3 is 0 Å². The van der Waals surface area contributed by atoms with Crippen LogP contribution >= 0.6 is 0 Å². The second kappa shape index (κ2) is 4.61. The summed E-state index contributed by atoms with van der Waals surface area (Å²) in [7, 11) is 0. The summed E-state index contributed by atoms with van der Waals surface area (Å²) >= 11 is 0. The van der Waals surface area contributed by atoms with Gasteiger partial charge in [-0.2, -0.15) is 0 Å². The molecule has 0 spiro atoms. The van der Waals surface area contributed by atoms with Crippen LogP contribution in [0.25, 0.3) is 0 Å². The molecule has 1 heteroatoms. The van der Waals surface area contributed by atoms with Crippen LogP contribution in [0.1, 0.15) is 32.1 Å². The highest BCUT2D eigenvalue weighted by Gasteiger charge is 2.36. The predicted octanol–water partition coefficient (Wildman–Crippen LogP) is 3.08. The Balaban J connectivity index is 1.80. The molecule has 0 aromatic carbocycles. The molecule has 2 rings (SSSR count). The fraction of sp³-hybridized carbons (Fsp3) is 0.667. The van der Waals surface area contributed by atoms with Gasteiger partial charge < -0.3 is 4.74 Å². The Labute approximate surface area is 80.5 Å². The van der Waals surface area contributed by atoms with Crippen LogP contribution in [0, 0.1) is 5.92 Å². The summed E-state index contributed by atoms with van der Waals surface area (Å²) in [5.74, 6) is 0.859.